The fourth-order valence-electron chi connectivity index (χ4n) is 1.12. The number of nitrogens with one attached hydrogen (secondary N) is 1. The van der Waals surface area contributed by atoms with Gasteiger partial charge in [-0.2, -0.15) is 5.26 Å². The Kier molecular flexibility index (Phi) is 4.33. The van der Waals surface area contributed by atoms with E-state index in [2.05, 4.69) is 11.1 Å². The molecule has 0 saturated carbocycles. The van der Waals surface area contributed by atoms with Gasteiger partial charge in [0, 0.05) is 11.7 Å². The Hall–Kier alpha value is -1.17. The zero-order valence-corrected chi connectivity index (χ0v) is 8.28. The number of aromatic nitrogens is 1. The highest BCUT2D eigenvalue weighted by atomic mass is 35.5. The average molecular weight is 215 g/mol. The maximum atomic E-state index is 8.57. The highest BCUT2D eigenvalue weighted by Gasteiger charge is 1.94. The highest BCUT2D eigenvalue weighted by molar-refractivity contribution is 5.85. The summed E-state index contributed by atoms with van der Waals surface area (Å²) >= 11 is 0. The molecule has 0 spiro atoms. The van der Waals surface area contributed by atoms with Crippen LogP contribution in [0.2, 0.25) is 0 Å². The predicted octanol–water partition coefficient (Wildman–Crippen LogP) is 2.88. The third kappa shape index (κ3) is 2.15. The van der Waals surface area contributed by atoms with Crippen molar-refractivity contribution in [3.05, 3.63) is 36.0 Å². The van der Waals surface area contributed by atoms with Gasteiger partial charge in [-0.1, -0.05) is 6.07 Å². The molecule has 0 amide bonds. The largest absolute Gasteiger partial charge is 0.361 e. The summed E-state index contributed by atoms with van der Waals surface area (Å²) in [6.45, 7) is 0. The Bertz CT molecular complexity index is 428. The third-order valence-electron chi connectivity index (χ3n) is 1.68. The zero-order chi connectivity index (χ0) is 7.68. The van der Waals surface area contributed by atoms with E-state index in [9.17, 15) is 0 Å². The molecule has 2 aromatic rings. The summed E-state index contributed by atoms with van der Waals surface area (Å²) in [5.74, 6) is 0. The molecule has 0 fully saturated rings. The number of hydrogen-bond acceptors (Lipinski definition) is 1. The standard InChI is InChI=1S/C9H6N2.2ClH/c10-6-7-1-2-8-3-4-11-9(8)5-7;;/h1-5,11H;2*1H. The second kappa shape index (κ2) is 4.76. The van der Waals surface area contributed by atoms with Crippen LogP contribution in [0.4, 0.5) is 0 Å². The van der Waals surface area contributed by atoms with Gasteiger partial charge in [0.2, 0.25) is 0 Å². The topological polar surface area (TPSA) is 39.6 Å². The minimum absolute atomic E-state index is 0. The Balaban J connectivity index is 0.000000720. The van der Waals surface area contributed by atoms with E-state index in [1.165, 1.54) is 0 Å². The molecule has 4 heteroatoms. The summed E-state index contributed by atoms with van der Waals surface area (Å²) in [5.41, 5.74) is 1.71. The van der Waals surface area contributed by atoms with E-state index in [0.29, 0.717) is 5.56 Å². The van der Waals surface area contributed by atoms with E-state index < -0.39 is 0 Å². The number of aromatic amines is 1. The van der Waals surface area contributed by atoms with Gasteiger partial charge in [0.1, 0.15) is 0 Å². The molecule has 0 radical (unpaired) electrons. The molecule has 13 heavy (non-hydrogen) atoms. The smallest absolute Gasteiger partial charge is 0.0992 e. The summed E-state index contributed by atoms with van der Waals surface area (Å²) in [6, 6.07) is 9.66. The number of H-pyrrole nitrogens is 1. The molecule has 1 heterocycles. The highest BCUT2D eigenvalue weighted by Crippen LogP contribution is 2.12. The molecule has 0 aliphatic rings. The second-order valence-corrected chi connectivity index (χ2v) is 2.39. The number of nitrogens with zero attached hydrogens (tertiary/aromatic N) is 1. The Morgan fingerprint density at radius 3 is 2.62 bits per heavy atom. The van der Waals surface area contributed by atoms with Crippen molar-refractivity contribution in [2.75, 3.05) is 0 Å². The van der Waals surface area contributed by atoms with Crippen LogP contribution in [0.1, 0.15) is 5.56 Å². The summed E-state index contributed by atoms with van der Waals surface area (Å²) < 4.78 is 0. The van der Waals surface area contributed by atoms with Crippen molar-refractivity contribution in [2.24, 2.45) is 0 Å². The molecule has 2 rings (SSSR count). The minimum atomic E-state index is 0. The van der Waals surface area contributed by atoms with Gasteiger partial charge in [0.15, 0.2) is 0 Å². The van der Waals surface area contributed by atoms with Gasteiger partial charge >= 0.3 is 0 Å². The lowest BCUT2D eigenvalue weighted by Crippen LogP contribution is -1.72. The van der Waals surface area contributed by atoms with Gasteiger partial charge in [-0.05, 0) is 23.6 Å². The Morgan fingerprint density at radius 2 is 1.92 bits per heavy atom. The first kappa shape index (κ1) is 11.8. The van der Waals surface area contributed by atoms with E-state index in [4.69, 9.17) is 5.26 Å². The van der Waals surface area contributed by atoms with Crippen LogP contribution in [0.3, 0.4) is 0 Å². The van der Waals surface area contributed by atoms with Crippen molar-refractivity contribution in [2.45, 2.75) is 0 Å². The maximum absolute atomic E-state index is 8.57. The lowest BCUT2D eigenvalue weighted by molar-refractivity contribution is 1.46. The van der Waals surface area contributed by atoms with Gasteiger partial charge in [-0.15, -0.1) is 24.8 Å². The molecule has 1 aromatic heterocycles. The van der Waals surface area contributed by atoms with Crippen molar-refractivity contribution in [3.63, 3.8) is 0 Å². The SMILES string of the molecule is Cl.Cl.N#Cc1ccc2cc[nH]c2c1. The minimum Gasteiger partial charge on any atom is -0.361 e. The second-order valence-electron chi connectivity index (χ2n) is 2.39. The molecular formula is C9H8Cl2N2. The maximum Gasteiger partial charge on any atom is 0.0992 e. The van der Waals surface area contributed by atoms with Gasteiger partial charge in [-0.25, -0.2) is 0 Å². The van der Waals surface area contributed by atoms with E-state index in [0.717, 1.165) is 10.9 Å². The average Bonchev–Trinajstić information content (AvgIpc) is 2.50. The molecule has 68 valence electrons. The molecule has 0 atom stereocenters. The van der Waals surface area contributed by atoms with Crippen molar-refractivity contribution in [1.82, 2.24) is 4.98 Å². The number of rotatable bonds is 0. The van der Waals surface area contributed by atoms with Crippen molar-refractivity contribution in [1.29, 1.82) is 5.26 Å². The molecule has 0 bridgehead atoms. The predicted molar refractivity (Wildman–Crippen MR) is 57.5 cm³/mol. The van der Waals surface area contributed by atoms with Crippen molar-refractivity contribution >= 4 is 35.7 Å². The third-order valence-corrected chi connectivity index (χ3v) is 1.68. The Morgan fingerprint density at radius 1 is 1.15 bits per heavy atom. The number of fused-ring (bicyclic) bond motifs is 1. The summed E-state index contributed by atoms with van der Waals surface area (Å²) in [4.78, 5) is 3.04. The number of benzene rings is 1. The van der Waals surface area contributed by atoms with Crippen LogP contribution in [-0.4, -0.2) is 4.98 Å². The first-order chi connectivity index (χ1) is 5.40. The lowest BCUT2D eigenvalue weighted by Gasteiger charge is -1.88. The van der Waals surface area contributed by atoms with Crippen LogP contribution < -0.4 is 0 Å². The molecule has 1 aromatic carbocycles. The first-order valence-corrected chi connectivity index (χ1v) is 3.37. The molecule has 0 aliphatic heterocycles. The van der Waals surface area contributed by atoms with E-state index in [1.807, 2.05) is 30.5 Å². The summed E-state index contributed by atoms with van der Waals surface area (Å²) in [5, 5.41) is 9.71. The van der Waals surface area contributed by atoms with Gasteiger partial charge in [0.25, 0.3) is 0 Å². The molecule has 0 saturated heterocycles. The van der Waals surface area contributed by atoms with Crippen LogP contribution in [0, 0.1) is 11.3 Å². The number of nitriles is 1. The monoisotopic (exact) mass is 214 g/mol. The summed E-state index contributed by atoms with van der Waals surface area (Å²) in [7, 11) is 0. The van der Waals surface area contributed by atoms with Crippen molar-refractivity contribution in [3.8, 4) is 6.07 Å². The zero-order valence-electron chi connectivity index (χ0n) is 6.65. The molecule has 2 nitrogen and oxygen atoms in total. The van der Waals surface area contributed by atoms with Gasteiger partial charge in [0.05, 0.1) is 11.6 Å². The molecule has 1 N–H and O–H groups in total. The van der Waals surface area contributed by atoms with Crippen LogP contribution in [0.25, 0.3) is 10.9 Å². The first-order valence-electron chi connectivity index (χ1n) is 3.37. The Labute approximate surface area is 88.4 Å². The molecule has 0 unspecified atom stereocenters. The number of halogens is 2. The van der Waals surface area contributed by atoms with E-state index in [-0.39, 0.29) is 24.8 Å². The van der Waals surface area contributed by atoms with Crippen molar-refractivity contribution < 1.29 is 0 Å². The van der Waals surface area contributed by atoms with Gasteiger partial charge < -0.3 is 4.98 Å². The fraction of sp³-hybridized carbons (Fsp3) is 0. The number of hydrogen-bond donors (Lipinski definition) is 1. The molecule has 0 aliphatic carbocycles. The normalized spacial score (nSPS) is 8.23. The lowest BCUT2D eigenvalue weighted by atomic mass is 10.2. The van der Waals surface area contributed by atoms with Crippen LogP contribution in [0.15, 0.2) is 30.5 Å². The quantitative estimate of drug-likeness (QED) is 0.720. The van der Waals surface area contributed by atoms with E-state index >= 15 is 0 Å². The molecular weight excluding hydrogens is 207 g/mol. The summed E-state index contributed by atoms with van der Waals surface area (Å²) in [6.07, 6.45) is 1.87. The van der Waals surface area contributed by atoms with E-state index in [1.54, 1.807) is 0 Å². The van der Waals surface area contributed by atoms with Crippen LogP contribution in [0.5, 0.6) is 0 Å². The van der Waals surface area contributed by atoms with Gasteiger partial charge in [-0.3, -0.25) is 0 Å². The van der Waals surface area contributed by atoms with Crippen LogP contribution in [-0.2, 0) is 0 Å². The van der Waals surface area contributed by atoms with Crippen LogP contribution >= 0.6 is 24.8 Å². The fourth-order valence-corrected chi connectivity index (χ4v) is 1.12.